The summed E-state index contributed by atoms with van der Waals surface area (Å²) in [5, 5.41) is 14.7. The smallest absolute Gasteiger partial charge is 0.149 e. The molecule has 0 spiro atoms. The molecule has 71 heavy (non-hydrogen) atoms. The van der Waals surface area contributed by atoms with Crippen LogP contribution in [0.1, 0.15) is 79.0 Å². The standard InChI is InChI=1S/C66H59N3O2/c1-64(2,3)47-31-32-56(51(38-47)44-21-14-11-15-22-44)69-57-25-18-24-49(61(57)68-63(69)53-39-48(65(4,5)6)40-54(62(53)70)66(7,8)9)52-35-46(37-59-60(52)50-23-16-17-26-58(50)71-59)55-36-45(33-34-67-55)43-29-27-42(28-30-43)41-19-12-10-13-20-41/h10-40,70H,1-9H3. The van der Waals surface area contributed by atoms with Crippen molar-refractivity contribution in [1.82, 2.24) is 14.5 Å². The van der Waals surface area contributed by atoms with Gasteiger partial charge in [-0.2, -0.15) is 0 Å². The summed E-state index contributed by atoms with van der Waals surface area (Å²) < 4.78 is 9.03. The average Bonchev–Trinajstić information content (AvgIpc) is 3.95. The number of phenolic OH excluding ortho intramolecular Hbond substituents is 1. The quantitative estimate of drug-likeness (QED) is 0.173. The van der Waals surface area contributed by atoms with E-state index < -0.39 is 0 Å². The predicted octanol–water partition coefficient (Wildman–Crippen LogP) is 17.9. The van der Waals surface area contributed by atoms with E-state index in [1.807, 2.05) is 24.4 Å². The Labute approximate surface area is 417 Å². The van der Waals surface area contributed by atoms with Crippen LogP contribution in [0.15, 0.2) is 193 Å². The molecule has 5 heteroatoms. The van der Waals surface area contributed by atoms with Crippen LogP contribution in [0.25, 0.3) is 106 Å². The third-order valence-corrected chi connectivity index (χ3v) is 14.0. The molecule has 5 nitrogen and oxygen atoms in total. The first-order valence-corrected chi connectivity index (χ1v) is 24.7. The molecular weight excluding hydrogens is 867 g/mol. The van der Waals surface area contributed by atoms with Crippen LogP contribution in [0.4, 0.5) is 0 Å². The summed E-state index contributed by atoms with van der Waals surface area (Å²) in [5.41, 5.74) is 18.0. The van der Waals surface area contributed by atoms with Gasteiger partial charge in [0.1, 0.15) is 22.7 Å². The van der Waals surface area contributed by atoms with Crippen molar-refractivity contribution >= 4 is 33.0 Å². The summed E-state index contributed by atoms with van der Waals surface area (Å²) in [7, 11) is 0. The molecule has 350 valence electrons. The molecule has 0 aliphatic rings. The molecule has 11 rings (SSSR count). The molecule has 0 fully saturated rings. The van der Waals surface area contributed by atoms with Crippen LogP contribution in [-0.4, -0.2) is 19.6 Å². The van der Waals surface area contributed by atoms with Gasteiger partial charge >= 0.3 is 0 Å². The van der Waals surface area contributed by atoms with Crippen LogP contribution in [0, 0.1) is 0 Å². The van der Waals surface area contributed by atoms with Crippen LogP contribution in [0.3, 0.4) is 0 Å². The number of fused-ring (bicyclic) bond motifs is 4. The van der Waals surface area contributed by atoms with Gasteiger partial charge in [0.05, 0.1) is 28.0 Å². The number of para-hydroxylation sites is 2. The number of pyridine rings is 1. The van der Waals surface area contributed by atoms with Crippen LogP contribution in [0.5, 0.6) is 5.75 Å². The fourth-order valence-electron chi connectivity index (χ4n) is 10.1. The van der Waals surface area contributed by atoms with Crippen molar-refractivity contribution in [2.75, 3.05) is 0 Å². The van der Waals surface area contributed by atoms with E-state index in [0.717, 1.165) is 94.4 Å². The molecule has 0 bridgehead atoms. The maximum absolute atomic E-state index is 12.7. The molecular formula is C66H59N3O2. The molecule has 3 aromatic heterocycles. The SMILES string of the molecule is CC(C)(C)c1ccc(-n2c(-c3cc(C(C)(C)C)cc(C(C)(C)C)c3O)nc3c(-c4cc(-c5cc(-c6ccc(-c7ccccc7)cc6)ccn5)cc5oc6ccccc6c45)cccc32)c(-c2ccccc2)c1. The van der Waals surface area contributed by atoms with Gasteiger partial charge in [0.25, 0.3) is 0 Å². The number of aromatic hydroxyl groups is 1. The van der Waals surface area contributed by atoms with Crippen molar-refractivity contribution in [3.63, 3.8) is 0 Å². The molecule has 11 aromatic rings. The van der Waals surface area contributed by atoms with Gasteiger partial charge in [0.2, 0.25) is 0 Å². The largest absolute Gasteiger partial charge is 0.507 e. The number of imidazole rings is 1. The molecule has 0 radical (unpaired) electrons. The van der Waals surface area contributed by atoms with E-state index in [2.05, 4.69) is 231 Å². The fraction of sp³-hybridized carbons (Fsp3) is 0.182. The van der Waals surface area contributed by atoms with Crippen LogP contribution in [0.2, 0.25) is 0 Å². The minimum Gasteiger partial charge on any atom is -0.507 e. The van der Waals surface area contributed by atoms with Crippen molar-refractivity contribution in [3.05, 3.63) is 205 Å². The van der Waals surface area contributed by atoms with E-state index in [0.29, 0.717) is 11.4 Å². The molecule has 1 N–H and O–H groups in total. The van der Waals surface area contributed by atoms with Crippen molar-refractivity contribution in [2.24, 2.45) is 0 Å². The number of nitrogens with zero attached hydrogens (tertiary/aromatic N) is 3. The molecule has 0 amide bonds. The summed E-state index contributed by atoms with van der Waals surface area (Å²) in [6.45, 7) is 20.0. The van der Waals surface area contributed by atoms with Gasteiger partial charge in [-0.15, -0.1) is 0 Å². The van der Waals surface area contributed by atoms with Gasteiger partial charge < -0.3 is 9.52 Å². The first-order valence-electron chi connectivity index (χ1n) is 24.7. The lowest BCUT2D eigenvalue weighted by Crippen LogP contribution is -2.17. The second-order valence-corrected chi connectivity index (χ2v) is 22.1. The number of hydrogen-bond donors (Lipinski definition) is 1. The molecule has 0 unspecified atom stereocenters. The van der Waals surface area contributed by atoms with E-state index in [-0.39, 0.29) is 22.0 Å². The molecule has 0 saturated heterocycles. The Kier molecular flexibility index (Phi) is 11.0. The zero-order valence-electron chi connectivity index (χ0n) is 42.1. The number of hydrogen-bond acceptors (Lipinski definition) is 4. The van der Waals surface area contributed by atoms with Crippen molar-refractivity contribution in [3.8, 4) is 78.6 Å². The van der Waals surface area contributed by atoms with Gasteiger partial charge in [-0.1, -0.05) is 190 Å². The highest BCUT2D eigenvalue weighted by atomic mass is 16.3. The predicted molar refractivity (Wildman–Crippen MR) is 297 cm³/mol. The second-order valence-electron chi connectivity index (χ2n) is 22.1. The summed E-state index contributed by atoms with van der Waals surface area (Å²) >= 11 is 0. The highest BCUT2D eigenvalue weighted by Gasteiger charge is 2.30. The maximum Gasteiger partial charge on any atom is 0.149 e. The van der Waals surface area contributed by atoms with Crippen LogP contribution >= 0.6 is 0 Å². The van der Waals surface area contributed by atoms with E-state index in [1.54, 1.807) is 0 Å². The zero-order chi connectivity index (χ0) is 49.4. The van der Waals surface area contributed by atoms with Crippen molar-refractivity contribution in [2.45, 2.75) is 78.6 Å². The van der Waals surface area contributed by atoms with E-state index in [4.69, 9.17) is 14.4 Å². The monoisotopic (exact) mass is 925 g/mol. The van der Waals surface area contributed by atoms with Crippen LogP contribution in [-0.2, 0) is 16.2 Å². The van der Waals surface area contributed by atoms with E-state index in [1.165, 1.54) is 16.7 Å². The average molecular weight is 926 g/mol. The Bertz CT molecular complexity index is 3800. The minimum absolute atomic E-state index is 0.0961. The van der Waals surface area contributed by atoms with Crippen molar-refractivity contribution < 1.29 is 9.52 Å². The molecule has 0 saturated carbocycles. The van der Waals surface area contributed by atoms with Gasteiger partial charge in [-0.25, -0.2) is 4.98 Å². The normalized spacial score (nSPS) is 12.4. The number of rotatable bonds is 7. The highest BCUT2D eigenvalue weighted by Crippen LogP contribution is 2.48. The summed E-state index contributed by atoms with van der Waals surface area (Å²) in [5.74, 6) is 0.904. The van der Waals surface area contributed by atoms with Crippen molar-refractivity contribution in [1.29, 1.82) is 0 Å². The lowest BCUT2D eigenvalue weighted by Gasteiger charge is -2.28. The number of furan rings is 1. The second kappa shape index (κ2) is 17.1. The fourth-order valence-corrected chi connectivity index (χ4v) is 10.1. The van der Waals surface area contributed by atoms with Gasteiger partial charge in [0, 0.05) is 39.2 Å². The van der Waals surface area contributed by atoms with Crippen LogP contribution < -0.4 is 0 Å². The highest BCUT2D eigenvalue weighted by molar-refractivity contribution is 6.16. The molecule has 3 heterocycles. The Morgan fingerprint density at radius 3 is 1.77 bits per heavy atom. The first-order chi connectivity index (χ1) is 34.0. The van der Waals surface area contributed by atoms with Gasteiger partial charge in [-0.3, -0.25) is 9.55 Å². The topological polar surface area (TPSA) is 64.1 Å². The lowest BCUT2D eigenvalue weighted by molar-refractivity contribution is 0.446. The number of aromatic nitrogens is 3. The third-order valence-electron chi connectivity index (χ3n) is 14.0. The third kappa shape index (κ3) is 8.29. The number of phenols is 1. The Hall–Kier alpha value is -8.02. The number of benzene rings is 8. The molecule has 0 atom stereocenters. The van der Waals surface area contributed by atoms with E-state index in [9.17, 15) is 5.11 Å². The summed E-state index contributed by atoms with van der Waals surface area (Å²) in [6.07, 6.45) is 1.90. The van der Waals surface area contributed by atoms with E-state index >= 15 is 0 Å². The Morgan fingerprint density at radius 1 is 0.451 bits per heavy atom. The Balaban J connectivity index is 1.19. The van der Waals surface area contributed by atoms with Gasteiger partial charge in [-0.05, 0) is 115 Å². The summed E-state index contributed by atoms with van der Waals surface area (Å²) in [6, 6.07) is 64.3. The maximum atomic E-state index is 12.7. The molecule has 8 aromatic carbocycles. The molecule has 0 aliphatic carbocycles. The van der Waals surface area contributed by atoms with Gasteiger partial charge in [0.15, 0.2) is 0 Å². The Morgan fingerprint density at radius 2 is 1.08 bits per heavy atom. The summed E-state index contributed by atoms with van der Waals surface area (Å²) in [4.78, 5) is 10.8. The lowest BCUT2D eigenvalue weighted by atomic mass is 9.79. The molecule has 0 aliphatic heterocycles. The minimum atomic E-state index is -0.350. The first kappa shape index (κ1) is 45.4. The zero-order valence-corrected chi connectivity index (χ0v) is 42.1.